The third-order valence-electron chi connectivity index (χ3n) is 9.31. The van der Waals surface area contributed by atoms with Crippen molar-refractivity contribution in [2.24, 2.45) is 0 Å². The molecular weight excluding hydrogens is 561 g/mol. The minimum atomic E-state index is -0.616. The van der Waals surface area contributed by atoms with Gasteiger partial charge in [-0.15, -0.1) is 0 Å². The molecule has 9 nitrogen and oxygen atoms in total. The molecule has 0 aliphatic carbocycles. The molecule has 4 amide bonds. The summed E-state index contributed by atoms with van der Waals surface area (Å²) in [7, 11) is 0. The molecule has 2 fully saturated rings. The van der Waals surface area contributed by atoms with E-state index in [-0.39, 0.29) is 29.7 Å². The number of nitrogens with one attached hydrogen (secondary N) is 1. The van der Waals surface area contributed by atoms with Gasteiger partial charge in [0.15, 0.2) is 0 Å². The first kappa shape index (κ1) is 27.9. The summed E-state index contributed by atoms with van der Waals surface area (Å²) in [4.78, 5) is 55.7. The van der Waals surface area contributed by atoms with Crippen molar-refractivity contribution in [3.8, 4) is 6.07 Å². The average Bonchev–Trinajstić information content (AvgIpc) is 3.52. The number of likely N-dealkylation sites (tertiary alicyclic amines) is 1. The molecule has 44 heavy (non-hydrogen) atoms. The van der Waals surface area contributed by atoms with Gasteiger partial charge in [-0.2, -0.15) is 5.26 Å². The number of piperidine rings is 2. The summed E-state index contributed by atoms with van der Waals surface area (Å²) >= 11 is 0. The summed E-state index contributed by atoms with van der Waals surface area (Å²) in [6, 6.07) is 17.2. The fourth-order valence-corrected chi connectivity index (χ4v) is 6.98. The predicted octanol–water partition coefficient (Wildman–Crippen LogP) is 4.00. The molecule has 4 heterocycles. The van der Waals surface area contributed by atoms with Gasteiger partial charge in [-0.05, 0) is 90.9 Å². The Kier molecular flexibility index (Phi) is 6.98. The highest BCUT2D eigenvalue weighted by atomic mass is 19.1. The summed E-state index contributed by atoms with van der Waals surface area (Å²) in [5.74, 6) is -1.24. The monoisotopic (exact) mass is 591 g/mol. The van der Waals surface area contributed by atoms with Gasteiger partial charge in [-0.1, -0.05) is 24.3 Å². The van der Waals surface area contributed by atoms with E-state index in [9.17, 15) is 28.8 Å². The van der Waals surface area contributed by atoms with Gasteiger partial charge in [0.05, 0.1) is 18.2 Å². The minimum Gasteiger partial charge on any atom is -0.322 e. The second-order valence-electron chi connectivity index (χ2n) is 12.1. The lowest BCUT2D eigenvalue weighted by molar-refractivity contribution is -0.136. The maximum absolute atomic E-state index is 14.0. The summed E-state index contributed by atoms with van der Waals surface area (Å²) in [6.45, 7) is 3.21. The van der Waals surface area contributed by atoms with Gasteiger partial charge in [-0.25, -0.2) is 4.39 Å². The summed E-state index contributed by atoms with van der Waals surface area (Å²) < 4.78 is 14.0. The van der Waals surface area contributed by atoms with E-state index in [1.165, 1.54) is 22.6 Å². The molecule has 10 heteroatoms. The topological polar surface area (TPSA) is 114 Å². The number of benzene rings is 3. The number of fused-ring (bicyclic) bond motifs is 2. The van der Waals surface area contributed by atoms with Crippen molar-refractivity contribution in [1.82, 2.24) is 15.1 Å². The lowest BCUT2D eigenvalue weighted by atomic mass is 9.87. The number of amides is 4. The Morgan fingerprint density at radius 1 is 0.864 bits per heavy atom. The first-order valence-electron chi connectivity index (χ1n) is 14.9. The average molecular weight is 592 g/mol. The quantitative estimate of drug-likeness (QED) is 0.449. The SMILES string of the molecule is N#Cc1cc(F)cc(N2Cc3ccc(CN4CCC(c5ccc6c(c5)CN(C5CCC(=O)NC5=O)C6=O)CC4)cc3C2=O)c1. The second kappa shape index (κ2) is 11.0. The Morgan fingerprint density at radius 3 is 2.45 bits per heavy atom. The molecule has 2 saturated heterocycles. The summed E-state index contributed by atoms with van der Waals surface area (Å²) in [5.41, 5.74) is 5.84. The van der Waals surface area contributed by atoms with Crippen LogP contribution < -0.4 is 10.2 Å². The van der Waals surface area contributed by atoms with E-state index in [2.05, 4.69) is 16.3 Å². The van der Waals surface area contributed by atoms with E-state index in [1.807, 2.05) is 36.4 Å². The number of nitrogens with zero attached hydrogens (tertiary/aromatic N) is 4. The molecule has 7 rings (SSSR count). The third kappa shape index (κ3) is 5.03. The van der Waals surface area contributed by atoms with Gasteiger partial charge in [0, 0.05) is 36.3 Å². The maximum Gasteiger partial charge on any atom is 0.258 e. The smallest absolute Gasteiger partial charge is 0.258 e. The van der Waals surface area contributed by atoms with Crippen LogP contribution in [0.1, 0.15) is 80.1 Å². The van der Waals surface area contributed by atoms with Crippen molar-refractivity contribution in [2.75, 3.05) is 18.0 Å². The molecule has 0 radical (unpaired) electrons. The van der Waals surface area contributed by atoms with Crippen LogP contribution in [-0.4, -0.2) is 52.6 Å². The number of carbonyl (C=O) groups excluding carboxylic acids is 4. The largest absolute Gasteiger partial charge is 0.322 e. The number of anilines is 1. The van der Waals surface area contributed by atoms with Crippen molar-refractivity contribution in [2.45, 2.75) is 57.3 Å². The van der Waals surface area contributed by atoms with Crippen LogP contribution in [0.25, 0.3) is 0 Å². The molecule has 0 bridgehead atoms. The summed E-state index contributed by atoms with van der Waals surface area (Å²) in [6.07, 6.45) is 2.51. The lowest BCUT2D eigenvalue weighted by Crippen LogP contribution is -2.52. The highest BCUT2D eigenvalue weighted by molar-refractivity contribution is 6.10. The highest BCUT2D eigenvalue weighted by Crippen LogP contribution is 2.35. The fraction of sp³-hybridized carbons (Fsp3) is 0.324. The third-order valence-corrected chi connectivity index (χ3v) is 9.31. The molecule has 0 spiro atoms. The normalized spacial score (nSPS) is 20.5. The van der Waals surface area contributed by atoms with Gasteiger partial charge in [0.25, 0.3) is 11.8 Å². The molecule has 1 N–H and O–H groups in total. The Bertz CT molecular complexity index is 1770. The first-order chi connectivity index (χ1) is 21.3. The van der Waals surface area contributed by atoms with Crippen molar-refractivity contribution in [1.29, 1.82) is 5.26 Å². The van der Waals surface area contributed by atoms with Gasteiger partial charge < -0.3 is 9.80 Å². The fourth-order valence-electron chi connectivity index (χ4n) is 6.98. The Labute approximate surface area is 253 Å². The van der Waals surface area contributed by atoms with Crippen molar-refractivity contribution in [3.63, 3.8) is 0 Å². The van der Waals surface area contributed by atoms with Crippen LogP contribution in [0, 0.1) is 17.1 Å². The number of halogens is 1. The minimum absolute atomic E-state index is 0.158. The Hall–Kier alpha value is -4.88. The molecule has 3 aromatic carbocycles. The number of imide groups is 1. The van der Waals surface area contributed by atoms with E-state index in [0.29, 0.717) is 48.8 Å². The number of nitriles is 1. The van der Waals surface area contributed by atoms with E-state index < -0.39 is 17.8 Å². The molecule has 3 aromatic rings. The van der Waals surface area contributed by atoms with Gasteiger partial charge in [-0.3, -0.25) is 29.4 Å². The van der Waals surface area contributed by atoms with Crippen LogP contribution in [0.15, 0.2) is 54.6 Å². The number of rotatable bonds is 5. The summed E-state index contributed by atoms with van der Waals surface area (Å²) in [5, 5.41) is 11.5. The number of carbonyl (C=O) groups is 4. The van der Waals surface area contributed by atoms with Gasteiger partial charge in [0.2, 0.25) is 11.8 Å². The van der Waals surface area contributed by atoms with Crippen LogP contribution in [0.5, 0.6) is 0 Å². The zero-order valence-electron chi connectivity index (χ0n) is 24.0. The Balaban J connectivity index is 0.977. The van der Waals surface area contributed by atoms with Crippen molar-refractivity contribution in [3.05, 3.63) is 99.4 Å². The molecule has 1 unspecified atom stereocenters. The van der Waals surface area contributed by atoms with Crippen LogP contribution >= 0.6 is 0 Å². The lowest BCUT2D eigenvalue weighted by Gasteiger charge is -2.32. The molecule has 1 atom stereocenters. The van der Waals surface area contributed by atoms with E-state index in [0.717, 1.165) is 48.7 Å². The molecule has 4 aliphatic heterocycles. The molecule has 222 valence electrons. The van der Waals surface area contributed by atoms with Crippen LogP contribution in [-0.2, 0) is 29.2 Å². The zero-order chi connectivity index (χ0) is 30.5. The van der Waals surface area contributed by atoms with E-state index in [4.69, 9.17) is 0 Å². The van der Waals surface area contributed by atoms with Gasteiger partial charge >= 0.3 is 0 Å². The first-order valence-corrected chi connectivity index (χ1v) is 14.9. The number of hydrogen-bond acceptors (Lipinski definition) is 6. The highest BCUT2D eigenvalue weighted by Gasteiger charge is 2.39. The van der Waals surface area contributed by atoms with Crippen LogP contribution in [0.3, 0.4) is 0 Å². The molecule has 4 aliphatic rings. The molecule has 0 saturated carbocycles. The van der Waals surface area contributed by atoms with Gasteiger partial charge in [0.1, 0.15) is 11.9 Å². The Morgan fingerprint density at radius 2 is 1.68 bits per heavy atom. The van der Waals surface area contributed by atoms with Crippen LogP contribution in [0.4, 0.5) is 10.1 Å². The standard InChI is InChI=1S/C34H30FN5O4/c35-26-11-21(16-36)12-27(15-26)39-18-24-2-1-20(13-29(24)34(39)44)17-38-9-7-22(8-10-38)23-3-4-28-25(14-23)19-40(33(28)43)30-5-6-31(41)37-32(30)42/h1-4,11-15,22,30H,5-10,17-19H2,(H,37,41,42). The maximum atomic E-state index is 14.0. The second-order valence-corrected chi connectivity index (χ2v) is 12.1. The molecular formula is C34H30FN5O4. The van der Waals surface area contributed by atoms with E-state index in [1.54, 1.807) is 4.90 Å². The predicted molar refractivity (Wildman–Crippen MR) is 158 cm³/mol. The zero-order valence-corrected chi connectivity index (χ0v) is 24.0. The molecule has 0 aromatic heterocycles. The van der Waals surface area contributed by atoms with E-state index >= 15 is 0 Å². The van der Waals surface area contributed by atoms with Crippen molar-refractivity contribution < 1.29 is 23.6 Å². The van der Waals surface area contributed by atoms with Crippen molar-refractivity contribution >= 4 is 29.3 Å². The van der Waals surface area contributed by atoms with Crippen LogP contribution in [0.2, 0.25) is 0 Å². The number of hydrogen-bond donors (Lipinski definition) is 1.